The summed E-state index contributed by atoms with van der Waals surface area (Å²) in [4.78, 5) is 26.2. The van der Waals surface area contributed by atoms with Gasteiger partial charge in [0.15, 0.2) is 58.2 Å². The number of cyclic esters (lactones) is 2. The van der Waals surface area contributed by atoms with Gasteiger partial charge in [0.05, 0.1) is 11.1 Å². The van der Waals surface area contributed by atoms with Crippen molar-refractivity contribution in [1.82, 2.24) is 0 Å². The Balaban J connectivity index is 1.80. The van der Waals surface area contributed by atoms with Gasteiger partial charge in [-0.2, -0.15) is 92.2 Å². The molecule has 60 heteroatoms. The van der Waals surface area contributed by atoms with Crippen LogP contribution in [0.3, 0.4) is 0 Å². The third-order valence-corrected chi connectivity index (χ3v) is 77.0. The van der Waals surface area contributed by atoms with E-state index in [-0.39, 0.29) is 10.8 Å². The predicted octanol–water partition coefficient (Wildman–Crippen LogP) is 15.4. The molecular formula is C45H79F21O23Si16. The van der Waals surface area contributed by atoms with Crippen LogP contribution in [0, 0.1) is 0 Å². The second-order valence-electron chi connectivity index (χ2n) is 30.1. The Morgan fingerprint density at radius 1 is 0.267 bits per heavy atom. The van der Waals surface area contributed by atoms with Crippen molar-refractivity contribution in [2.24, 2.45) is 0 Å². The molecule has 1 aromatic rings. The standard InChI is InChI=1S/C45H79F21O23Si16/c1-90(2,26-19-39(46,47)48)70-98-78-99(71-91(3,4)27-20-40(49,50)51)81-102(74-94(9,10)30-23-43(58,59)60)83-100(79-98,72-92(5,6)28-21-41(52,53)54)85-104(76-96(13,14)32-25-45(64,65)66)86-101(80-98,73-93(7,8)29-22-42(55,56)57)84-103(82-99,75-95(11,12)31-24-44(61,62)63)88-105(87-102,89-104)77-97(15,16)34-17-18-35-36(33-34)38(68)69-37(35)67/h17-18,33H,19-32H2,1-16H3. The van der Waals surface area contributed by atoms with Gasteiger partial charge in [0, 0.05) is 44.9 Å². The fraction of sp³-hybridized carbons (Fsp3) is 0.822. The Morgan fingerprint density at radius 2 is 0.429 bits per heavy atom. The Kier molecular flexibility index (Phi) is 26.2. The number of esters is 2. The van der Waals surface area contributed by atoms with Crippen molar-refractivity contribution in [2.45, 2.75) is 235 Å². The SMILES string of the molecule is C[Si](C)(CCC(F)(F)F)O[Si]12O[Si]3(O[Si](C)(C)CCC(F)(F)F)O[Si]4(O[Si](C)(C)CCC(F)(F)F)O[Si](O[Si](C)(C)CCC(F)(F)F)(O1)O[Si]1(O[Si](C)(C)CCC(F)(F)F)O[Si](O[Si](C)(C)CCC(F)(F)F)(O2)O[Si](O[Si](C)(C)CCC(F)(F)F)(O3)O[Si](O[Si](C)(C)c2ccc3c(c2)C(=O)OC3=O)(O4)O1. The lowest BCUT2D eigenvalue weighted by atomic mass is 10.1. The van der Waals surface area contributed by atoms with Gasteiger partial charge < -0.3 is 87.0 Å². The molecule has 1 aromatic carbocycles. The van der Waals surface area contributed by atoms with E-state index in [4.69, 9.17) is 87.0 Å². The minimum absolute atomic E-state index is 0.202. The van der Waals surface area contributed by atoms with Crippen LogP contribution < -0.4 is 5.19 Å². The van der Waals surface area contributed by atoms with Crippen LogP contribution >= 0.6 is 0 Å². The highest BCUT2D eigenvalue weighted by Crippen LogP contribution is 2.55. The Labute approximate surface area is 606 Å². The highest BCUT2D eigenvalue weighted by molar-refractivity contribution is 7.05. The molecule has 105 heavy (non-hydrogen) atoms. The lowest BCUT2D eigenvalue weighted by Gasteiger charge is -2.61. The normalized spacial score (nSPS) is 29.4. The number of carbonyl (C=O) groups excluding carboxylic acids is 2. The number of halogens is 21. The van der Waals surface area contributed by atoms with Gasteiger partial charge in [-0.3, -0.25) is 0 Å². The molecule has 0 aromatic heterocycles. The summed E-state index contributed by atoms with van der Waals surface area (Å²) in [6.07, 6.45) is -48.5. The molecule has 0 radical (unpaired) electrons. The molecule has 0 N–H and O–H groups in total. The second kappa shape index (κ2) is 30.0. The van der Waals surface area contributed by atoms with E-state index in [1.807, 2.05) is 0 Å². The van der Waals surface area contributed by atoms with Crippen molar-refractivity contribution in [3.8, 4) is 0 Å². The summed E-state index contributed by atoms with van der Waals surface area (Å²) in [6.45, 7) is 16.3. The smallest absolute Gasteiger partial charge is 0.395 e. The van der Waals surface area contributed by atoms with Gasteiger partial charge in [0.1, 0.15) is 0 Å². The number of hydrogen-bond acceptors (Lipinski definition) is 23. The number of rotatable bonds is 31. The molecule has 0 saturated carbocycles. The maximum absolute atomic E-state index is 14.7. The number of benzene rings is 1. The molecule has 8 rings (SSSR count). The van der Waals surface area contributed by atoms with Crippen LogP contribution in [0.4, 0.5) is 92.2 Å². The summed E-state index contributed by atoms with van der Waals surface area (Å²) in [5, 5.41) is -0.202. The van der Waals surface area contributed by atoms with Gasteiger partial charge in [-0.05, 0) is 164 Å². The van der Waals surface area contributed by atoms with Crippen molar-refractivity contribution in [3.05, 3.63) is 29.3 Å². The third-order valence-electron chi connectivity index (χ3n) is 15.6. The summed E-state index contributed by atoms with van der Waals surface area (Å²) in [5.74, 6) is -2.45. The summed E-state index contributed by atoms with van der Waals surface area (Å²) in [7, 11) is -94.0. The molecule has 7 heterocycles. The highest BCUT2D eigenvalue weighted by atomic mass is 28.7. The Bertz CT molecular complexity index is 3040. The van der Waals surface area contributed by atoms with E-state index < -0.39 is 287 Å². The molecule has 608 valence electrons. The van der Waals surface area contributed by atoms with Crippen LogP contribution in [0.1, 0.15) is 65.7 Å². The molecule has 7 aliphatic heterocycles. The largest absolute Gasteiger partial charge is 0.651 e. The van der Waals surface area contributed by atoms with Crippen molar-refractivity contribution in [3.63, 3.8) is 0 Å². The first-order chi connectivity index (χ1) is 46.5. The van der Waals surface area contributed by atoms with Crippen LogP contribution in [-0.2, 0) is 87.0 Å². The number of fused-ring (bicyclic) bond motifs is 1. The molecule has 7 aliphatic rings. The first-order valence-corrected chi connectivity index (χ1v) is 69.7. The number of hydrogen-bond donors (Lipinski definition) is 0. The van der Waals surface area contributed by atoms with Gasteiger partial charge in [-0.1, -0.05) is 6.07 Å². The zero-order valence-electron chi connectivity index (χ0n) is 59.0. The van der Waals surface area contributed by atoms with E-state index in [1.54, 1.807) is 0 Å². The first-order valence-electron chi connectivity index (χ1n) is 31.9. The molecule has 0 amide bonds. The van der Waals surface area contributed by atoms with Gasteiger partial charge in [0.2, 0.25) is 8.32 Å². The molecule has 6 saturated heterocycles. The molecule has 0 spiro atoms. The van der Waals surface area contributed by atoms with E-state index in [0.29, 0.717) is 0 Å². The van der Waals surface area contributed by atoms with Crippen molar-refractivity contribution >= 4 is 156 Å². The van der Waals surface area contributed by atoms with Crippen LogP contribution in [0.25, 0.3) is 0 Å². The monoisotopic (exact) mass is 1830 g/mol. The zero-order valence-corrected chi connectivity index (χ0v) is 75.0. The van der Waals surface area contributed by atoms with Crippen LogP contribution in [0.15, 0.2) is 18.2 Å². The zero-order chi connectivity index (χ0) is 80.3. The molecule has 0 atom stereocenters. The Hall–Kier alpha value is -0.440. The van der Waals surface area contributed by atoms with E-state index in [0.717, 1.165) is 110 Å². The predicted molar refractivity (Wildman–Crippen MR) is 352 cm³/mol. The highest BCUT2D eigenvalue weighted by Gasteiger charge is 2.93. The summed E-state index contributed by atoms with van der Waals surface area (Å²) in [6, 6.07) is -5.00. The molecular weight excluding hydrogens is 1760 g/mol. The van der Waals surface area contributed by atoms with Gasteiger partial charge in [-0.15, -0.1) is 0 Å². The van der Waals surface area contributed by atoms with Crippen molar-refractivity contribution < 1.29 is 189 Å². The quantitative estimate of drug-likeness (QED) is 0.0291. The number of ether oxygens (including phenoxy) is 1. The fourth-order valence-electron chi connectivity index (χ4n) is 10.5. The lowest BCUT2D eigenvalue weighted by molar-refractivity contribution is -0.141. The topological polar surface area (TPSA) is 228 Å². The van der Waals surface area contributed by atoms with Gasteiger partial charge in [-0.25, -0.2) is 9.59 Å². The minimum Gasteiger partial charge on any atom is -0.395 e. The average Bonchev–Trinajstić information content (AvgIpc) is 1.03. The van der Waals surface area contributed by atoms with E-state index in [2.05, 4.69) is 0 Å². The molecule has 0 unspecified atom stereocenters. The van der Waals surface area contributed by atoms with Crippen LogP contribution in [0.5, 0.6) is 0 Å². The van der Waals surface area contributed by atoms with Crippen LogP contribution in [-0.4, -0.2) is 194 Å². The maximum atomic E-state index is 14.7. The van der Waals surface area contributed by atoms with Crippen LogP contribution in [0.2, 0.25) is 147 Å². The Morgan fingerprint density at radius 3 is 0.600 bits per heavy atom. The fourth-order valence-corrected chi connectivity index (χ4v) is 83.1. The minimum atomic E-state index is -7.00. The third kappa shape index (κ3) is 26.8. The maximum Gasteiger partial charge on any atom is 0.651 e. The number of alkyl halides is 21. The van der Waals surface area contributed by atoms with E-state index in [1.165, 1.54) is 13.1 Å². The van der Waals surface area contributed by atoms with Gasteiger partial charge >= 0.3 is 128 Å². The van der Waals surface area contributed by atoms with Crippen molar-refractivity contribution in [1.29, 1.82) is 0 Å². The second-order valence-corrected chi connectivity index (χ2v) is 86.2. The molecule has 6 fully saturated rings. The molecule has 0 aliphatic carbocycles. The van der Waals surface area contributed by atoms with E-state index in [9.17, 15) is 102 Å². The van der Waals surface area contributed by atoms with Gasteiger partial charge in [0.25, 0.3) is 0 Å². The molecule has 23 nitrogen and oxygen atoms in total. The summed E-state index contributed by atoms with van der Waals surface area (Å²) >= 11 is 0. The van der Waals surface area contributed by atoms with E-state index >= 15 is 0 Å². The summed E-state index contributed by atoms with van der Waals surface area (Å²) < 4.78 is 451. The number of carbonyl (C=O) groups is 2. The van der Waals surface area contributed by atoms with Crippen molar-refractivity contribution in [2.75, 3.05) is 0 Å². The lowest BCUT2D eigenvalue weighted by Crippen LogP contribution is -2.93. The summed E-state index contributed by atoms with van der Waals surface area (Å²) in [5.41, 5.74) is -0.834. The average molecular weight is 1840 g/mol. The first kappa shape index (κ1) is 91.7. The molecule has 8 bridgehead atoms.